The molecule has 6 heteroatoms. The smallest absolute Gasteiger partial charge is 0.185 e. The fourth-order valence-electron chi connectivity index (χ4n) is 4.55. The Morgan fingerprint density at radius 2 is 1.93 bits per heavy atom. The average molecular weight is 393 g/mol. The Balaban J connectivity index is 1.68. The fourth-order valence-corrected chi connectivity index (χ4v) is 4.55. The molecular formula is C22H42N5O+. The van der Waals surface area contributed by atoms with Crippen LogP contribution in [0.3, 0.4) is 0 Å². The van der Waals surface area contributed by atoms with Crippen LogP contribution >= 0.6 is 0 Å². The highest BCUT2D eigenvalue weighted by Crippen LogP contribution is 2.30. The molecule has 6 N–H and O–H groups in total. The molecule has 0 aliphatic carbocycles. The fraction of sp³-hybridized carbons (Fsp3) is 0.773. The second-order valence-corrected chi connectivity index (χ2v) is 8.35. The topological polar surface area (TPSA) is 92.3 Å². The van der Waals surface area contributed by atoms with Gasteiger partial charge in [-0.05, 0) is 50.7 Å². The Morgan fingerprint density at radius 1 is 1.18 bits per heavy atom. The van der Waals surface area contributed by atoms with Gasteiger partial charge in [0, 0.05) is 19.5 Å². The first-order chi connectivity index (χ1) is 13.6. The predicted molar refractivity (Wildman–Crippen MR) is 117 cm³/mol. The van der Waals surface area contributed by atoms with E-state index in [4.69, 9.17) is 11.5 Å². The van der Waals surface area contributed by atoms with Crippen molar-refractivity contribution in [3.05, 3.63) is 24.8 Å². The number of fused-ring (bicyclic) bond motifs is 1. The number of unbranched alkanes of at least 4 members (excludes halogenated alkanes) is 7. The molecule has 0 radical (unpaired) electrons. The lowest BCUT2D eigenvalue weighted by molar-refractivity contribution is -0.937. The number of hydrogen-bond acceptors (Lipinski definition) is 3. The van der Waals surface area contributed by atoms with Crippen LogP contribution in [0.15, 0.2) is 29.8 Å². The molecule has 6 nitrogen and oxygen atoms in total. The van der Waals surface area contributed by atoms with Crippen LogP contribution in [0.25, 0.3) is 0 Å². The second-order valence-electron chi connectivity index (χ2n) is 8.35. The molecule has 0 spiro atoms. The second kappa shape index (κ2) is 12.2. The number of rotatable bonds is 14. The molecule has 0 amide bonds. The third-order valence-corrected chi connectivity index (χ3v) is 6.10. The van der Waals surface area contributed by atoms with E-state index in [-0.39, 0.29) is 5.96 Å². The quantitative estimate of drug-likeness (QED) is 0.156. The molecule has 2 heterocycles. The summed E-state index contributed by atoms with van der Waals surface area (Å²) in [6, 6.07) is 0. The summed E-state index contributed by atoms with van der Waals surface area (Å²) in [6.07, 6.45) is 19.3. The van der Waals surface area contributed by atoms with Gasteiger partial charge in [0.1, 0.15) is 5.72 Å². The monoisotopic (exact) mass is 392 g/mol. The number of nitrogens with one attached hydrogen (secondary N) is 1. The third kappa shape index (κ3) is 7.22. The van der Waals surface area contributed by atoms with Gasteiger partial charge in [-0.2, -0.15) is 0 Å². The first-order valence-corrected chi connectivity index (χ1v) is 11.3. The number of hydrogen-bond donors (Lipinski definition) is 4. The molecule has 3 unspecified atom stereocenters. The zero-order valence-electron chi connectivity index (χ0n) is 17.6. The van der Waals surface area contributed by atoms with Gasteiger partial charge in [0.15, 0.2) is 12.1 Å². The molecule has 0 aromatic heterocycles. The van der Waals surface area contributed by atoms with E-state index in [0.717, 1.165) is 51.6 Å². The SMILES string of the molecule is C=CCCCCCCCCC1(O)C=CC2N1CCC[NH+]2CCCCN=C(N)N. The predicted octanol–water partition coefficient (Wildman–Crippen LogP) is 1.52. The molecule has 3 atom stereocenters. The van der Waals surface area contributed by atoms with Gasteiger partial charge in [-0.1, -0.05) is 31.8 Å². The van der Waals surface area contributed by atoms with Crippen molar-refractivity contribution in [1.29, 1.82) is 0 Å². The molecule has 28 heavy (non-hydrogen) atoms. The van der Waals surface area contributed by atoms with Gasteiger partial charge in [-0.3, -0.25) is 4.99 Å². The number of aliphatic imine (C=N–C) groups is 1. The van der Waals surface area contributed by atoms with E-state index in [1.165, 1.54) is 38.6 Å². The number of allylic oxidation sites excluding steroid dienone is 1. The van der Waals surface area contributed by atoms with Crippen molar-refractivity contribution in [2.24, 2.45) is 16.5 Å². The van der Waals surface area contributed by atoms with E-state index in [9.17, 15) is 5.11 Å². The molecule has 160 valence electrons. The Morgan fingerprint density at radius 3 is 2.68 bits per heavy atom. The van der Waals surface area contributed by atoms with Gasteiger partial charge in [-0.25, -0.2) is 4.90 Å². The summed E-state index contributed by atoms with van der Waals surface area (Å²) in [7, 11) is 0. The van der Waals surface area contributed by atoms with E-state index < -0.39 is 5.72 Å². The van der Waals surface area contributed by atoms with E-state index in [1.807, 2.05) is 6.08 Å². The molecule has 1 fully saturated rings. The molecule has 2 rings (SSSR count). The van der Waals surface area contributed by atoms with Crippen LogP contribution in [-0.4, -0.2) is 54.0 Å². The van der Waals surface area contributed by atoms with Crippen molar-refractivity contribution in [2.45, 2.75) is 82.5 Å². The standard InChI is InChI=1S/C22H41N5O/c1-2-3-4-5-6-7-8-9-14-22(28)15-13-20-26(18-12-19-27(20)22)17-11-10-16-25-21(23)24/h2,13,15,20,28H,1,3-12,14,16-19H2,(H4,23,24,25)/p+1. The number of nitrogens with two attached hydrogens (primary N) is 2. The minimum absolute atomic E-state index is 0.178. The van der Waals surface area contributed by atoms with Crippen LogP contribution in [0.5, 0.6) is 0 Å². The number of guanidine groups is 1. The summed E-state index contributed by atoms with van der Waals surface area (Å²) in [6.45, 7) is 7.75. The lowest BCUT2D eigenvalue weighted by Gasteiger charge is -2.42. The summed E-state index contributed by atoms with van der Waals surface area (Å²) in [5.41, 5.74) is 10.0. The van der Waals surface area contributed by atoms with E-state index in [0.29, 0.717) is 12.7 Å². The summed E-state index contributed by atoms with van der Waals surface area (Å²) < 4.78 is 0. The van der Waals surface area contributed by atoms with Crippen molar-refractivity contribution in [3.63, 3.8) is 0 Å². The normalized spacial score (nSPS) is 26.9. The zero-order chi connectivity index (χ0) is 20.2. The zero-order valence-corrected chi connectivity index (χ0v) is 17.6. The highest BCUT2D eigenvalue weighted by molar-refractivity contribution is 5.75. The number of quaternary nitrogens is 1. The Labute approximate surface area is 171 Å². The van der Waals surface area contributed by atoms with Crippen molar-refractivity contribution in [3.8, 4) is 0 Å². The molecule has 2 aliphatic heterocycles. The van der Waals surface area contributed by atoms with Crippen LogP contribution in [0.2, 0.25) is 0 Å². The first-order valence-electron chi connectivity index (χ1n) is 11.3. The van der Waals surface area contributed by atoms with Gasteiger partial charge in [0.05, 0.1) is 13.1 Å². The van der Waals surface area contributed by atoms with Gasteiger partial charge in [-0.15, -0.1) is 6.58 Å². The molecule has 0 aromatic rings. The van der Waals surface area contributed by atoms with Gasteiger partial charge < -0.3 is 21.5 Å². The maximum atomic E-state index is 11.2. The Kier molecular flexibility index (Phi) is 10.0. The van der Waals surface area contributed by atoms with Gasteiger partial charge in [0.2, 0.25) is 0 Å². The Bertz CT molecular complexity index is 517. The number of nitrogens with zero attached hydrogens (tertiary/aromatic N) is 2. The number of aliphatic hydroxyl groups is 1. The molecule has 2 aliphatic rings. The van der Waals surface area contributed by atoms with Crippen molar-refractivity contribution < 1.29 is 10.0 Å². The largest absolute Gasteiger partial charge is 0.372 e. The maximum absolute atomic E-state index is 11.2. The lowest BCUT2D eigenvalue weighted by atomic mass is 10.0. The minimum atomic E-state index is -0.739. The average Bonchev–Trinajstić information content (AvgIpc) is 3.01. The summed E-state index contributed by atoms with van der Waals surface area (Å²) in [4.78, 5) is 7.95. The van der Waals surface area contributed by atoms with Crippen LogP contribution in [0.1, 0.15) is 70.6 Å². The van der Waals surface area contributed by atoms with Crippen LogP contribution in [0, 0.1) is 0 Å². The van der Waals surface area contributed by atoms with Gasteiger partial charge >= 0.3 is 0 Å². The molecule has 0 bridgehead atoms. The molecule has 0 saturated carbocycles. The van der Waals surface area contributed by atoms with E-state index in [1.54, 1.807) is 4.90 Å². The molecular weight excluding hydrogens is 350 g/mol. The van der Waals surface area contributed by atoms with Gasteiger partial charge in [0.25, 0.3) is 0 Å². The van der Waals surface area contributed by atoms with Crippen LogP contribution < -0.4 is 16.4 Å². The van der Waals surface area contributed by atoms with Crippen molar-refractivity contribution in [1.82, 2.24) is 4.90 Å². The minimum Gasteiger partial charge on any atom is -0.372 e. The van der Waals surface area contributed by atoms with Crippen molar-refractivity contribution >= 4 is 5.96 Å². The van der Waals surface area contributed by atoms with Crippen LogP contribution in [0.4, 0.5) is 0 Å². The molecule has 0 aromatic carbocycles. The maximum Gasteiger partial charge on any atom is 0.185 e. The highest BCUT2D eigenvalue weighted by Gasteiger charge is 2.46. The third-order valence-electron chi connectivity index (χ3n) is 6.10. The summed E-state index contributed by atoms with van der Waals surface area (Å²) in [5.74, 6) is 0.178. The van der Waals surface area contributed by atoms with E-state index in [2.05, 4.69) is 28.6 Å². The lowest BCUT2D eigenvalue weighted by Crippen LogP contribution is -3.18. The van der Waals surface area contributed by atoms with E-state index >= 15 is 0 Å². The highest BCUT2D eigenvalue weighted by atomic mass is 16.3. The Hall–Kier alpha value is -1.37. The first kappa shape index (κ1) is 22.9. The summed E-state index contributed by atoms with van der Waals surface area (Å²) >= 11 is 0. The van der Waals surface area contributed by atoms with Crippen molar-refractivity contribution in [2.75, 3.05) is 26.2 Å². The van der Waals surface area contributed by atoms with Crippen LogP contribution in [-0.2, 0) is 0 Å². The summed E-state index contributed by atoms with van der Waals surface area (Å²) in [5, 5.41) is 11.2. The molecule has 1 saturated heterocycles.